The Bertz CT molecular complexity index is 1620. The maximum atomic E-state index is 13.4. The van der Waals surface area contributed by atoms with Gasteiger partial charge in [0.15, 0.2) is 12.6 Å². The summed E-state index contributed by atoms with van der Waals surface area (Å²) in [6.45, 7) is 17.5. The first kappa shape index (κ1) is 49.1. The van der Waals surface area contributed by atoms with Crippen LogP contribution in [0.5, 0.6) is 0 Å². The number of rotatable bonds is 8. The van der Waals surface area contributed by atoms with Crippen LogP contribution in [0.15, 0.2) is 107 Å². The van der Waals surface area contributed by atoms with Crippen LogP contribution in [0.2, 0.25) is 0 Å². The fourth-order valence-corrected chi connectivity index (χ4v) is 7.42. The highest BCUT2D eigenvalue weighted by atomic mass is 16.7. The Hall–Kier alpha value is -3.23. The van der Waals surface area contributed by atoms with E-state index in [1.165, 1.54) is 0 Å². The van der Waals surface area contributed by atoms with Crippen LogP contribution in [0.4, 0.5) is 0 Å². The number of likely N-dealkylation sites (N-methyl/N-ethyl adjacent to an activating group) is 1. The Morgan fingerprint density at radius 1 is 0.983 bits per heavy atom. The van der Waals surface area contributed by atoms with Crippen LogP contribution in [0, 0.1) is 5.92 Å². The molecule has 3 heterocycles. The standard InChI is InChI=1S/C47H73N3O8/c1-12-31(2)27-37-28-34(5)20-14-13-17-26-46(8,53)39(23-16-15-19-32(3)21-18-22-33(4)24-25-35(6)49-44(37)52)58-45-41(48)42(51)38(30-55-45)57-40-29-47(9,54)43(50(10)11)36(7)56-40/h13-24,26,28,31,35-36,38-43,45,51,53-54H,12,25,27,29-30,48H2,1-11H3,(H,49,52)/t31-,35-,36+,38+,39-,40-,41+,42-,43+,45-,46+,47+/m0/s1. The number of amides is 1. The highest BCUT2D eigenvalue weighted by Crippen LogP contribution is 2.34. The van der Waals surface area contributed by atoms with Crippen LogP contribution in [0.25, 0.3) is 0 Å². The Morgan fingerprint density at radius 2 is 1.67 bits per heavy atom. The molecule has 0 aliphatic carbocycles. The van der Waals surface area contributed by atoms with E-state index >= 15 is 0 Å². The molecule has 0 unspecified atom stereocenters. The van der Waals surface area contributed by atoms with Gasteiger partial charge in [0.2, 0.25) is 5.91 Å². The minimum atomic E-state index is -1.53. The van der Waals surface area contributed by atoms with Gasteiger partial charge in [-0.25, -0.2) is 0 Å². The van der Waals surface area contributed by atoms with Crippen molar-refractivity contribution in [2.75, 3.05) is 20.7 Å². The molecular formula is C47H73N3O8. The molecule has 58 heavy (non-hydrogen) atoms. The number of carbonyl (C=O) groups excluding carboxylic acids is 1. The zero-order valence-electron chi connectivity index (χ0n) is 36.8. The van der Waals surface area contributed by atoms with Crippen molar-refractivity contribution < 1.29 is 39.1 Å². The van der Waals surface area contributed by atoms with E-state index in [-0.39, 0.29) is 37.1 Å². The molecule has 0 aromatic carbocycles. The summed E-state index contributed by atoms with van der Waals surface area (Å²) in [6.07, 6.45) is 23.8. The van der Waals surface area contributed by atoms with Crippen molar-refractivity contribution >= 4 is 5.91 Å². The third kappa shape index (κ3) is 15.4. The summed E-state index contributed by atoms with van der Waals surface area (Å²) in [7, 11) is 3.79. The van der Waals surface area contributed by atoms with Crippen LogP contribution < -0.4 is 11.1 Å². The van der Waals surface area contributed by atoms with E-state index in [9.17, 15) is 20.1 Å². The molecular weight excluding hydrogens is 735 g/mol. The predicted octanol–water partition coefficient (Wildman–Crippen LogP) is 6.26. The SMILES string of the molecule is CC[C@H](C)CC1=CC(C)=CC=CC=C[C@@](C)(O)[C@@H](O[C@@H]2OC[C@@H](O[C@H]3C[C@@](C)(O)[C@H](N(C)C)[C@@H](C)O3)[C@H](O)[C@H]2N)C=CC=CC(C)=CC=CC(C)=CC[C@H](C)NC1=O. The molecule has 3 aliphatic heterocycles. The van der Waals surface area contributed by atoms with Gasteiger partial charge < -0.3 is 50.2 Å². The van der Waals surface area contributed by atoms with Gasteiger partial charge in [-0.15, -0.1) is 0 Å². The maximum absolute atomic E-state index is 13.4. The predicted molar refractivity (Wildman–Crippen MR) is 232 cm³/mol. The zero-order valence-corrected chi connectivity index (χ0v) is 36.8. The highest BCUT2D eigenvalue weighted by molar-refractivity contribution is 5.94. The molecule has 3 rings (SSSR count). The van der Waals surface area contributed by atoms with Gasteiger partial charge >= 0.3 is 0 Å². The van der Waals surface area contributed by atoms with E-state index in [4.69, 9.17) is 24.7 Å². The molecule has 0 aromatic heterocycles. The maximum Gasteiger partial charge on any atom is 0.247 e. The van der Waals surface area contributed by atoms with E-state index in [1.54, 1.807) is 44.2 Å². The molecule has 0 aromatic rings. The van der Waals surface area contributed by atoms with Crippen LogP contribution >= 0.6 is 0 Å². The fraction of sp³-hybridized carbons (Fsp3) is 0.596. The number of aliphatic hydroxyl groups excluding tert-OH is 1. The van der Waals surface area contributed by atoms with Crippen LogP contribution in [-0.2, 0) is 23.7 Å². The lowest BCUT2D eigenvalue weighted by molar-refractivity contribution is -0.310. The average Bonchev–Trinajstić information content (AvgIpc) is 3.12. The van der Waals surface area contributed by atoms with Gasteiger partial charge in [-0.2, -0.15) is 0 Å². The lowest BCUT2D eigenvalue weighted by Gasteiger charge is -2.48. The van der Waals surface area contributed by atoms with E-state index in [0.29, 0.717) is 18.8 Å². The number of hydrogen-bond donors (Lipinski definition) is 5. The van der Waals surface area contributed by atoms with Crippen LogP contribution in [0.3, 0.4) is 0 Å². The molecule has 0 saturated carbocycles. The molecule has 2 saturated heterocycles. The van der Waals surface area contributed by atoms with Gasteiger partial charge in [0.1, 0.15) is 23.9 Å². The molecule has 324 valence electrons. The first-order chi connectivity index (χ1) is 27.2. The molecule has 0 spiro atoms. The molecule has 3 aliphatic rings. The summed E-state index contributed by atoms with van der Waals surface area (Å²) < 4.78 is 24.6. The lowest BCUT2D eigenvalue weighted by Crippen LogP contribution is -2.63. The molecule has 0 bridgehead atoms. The van der Waals surface area contributed by atoms with E-state index < -0.39 is 48.1 Å². The van der Waals surface area contributed by atoms with E-state index in [2.05, 4.69) is 25.2 Å². The second-order valence-corrected chi connectivity index (χ2v) is 17.1. The number of nitrogens with one attached hydrogen (secondary N) is 1. The molecule has 6 N–H and O–H groups in total. The minimum absolute atomic E-state index is 0.0261. The summed E-state index contributed by atoms with van der Waals surface area (Å²) in [5.41, 5.74) is 7.66. The van der Waals surface area contributed by atoms with Crippen molar-refractivity contribution in [1.29, 1.82) is 0 Å². The third-order valence-corrected chi connectivity index (χ3v) is 10.9. The van der Waals surface area contributed by atoms with Gasteiger partial charge in [-0.1, -0.05) is 122 Å². The molecule has 11 heteroatoms. The number of nitrogens with zero attached hydrogens (tertiary/aromatic N) is 1. The summed E-state index contributed by atoms with van der Waals surface area (Å²) in [4.78, 5) is 15.3. The van der Waals surface area contributed by atoms with Crippen molar-refractivity contribution in [3.05, 3.63) is 107 Å². The number of hydrogen-bond acceptors (Lipinski definition) is 10. The van der Waals surface area contributed by atoms with Gasteiger partial charge in [0.25, 0.3) is 0 Å². The smallest absolute Gasteiger partial charge is 0.247 e. The van der Waals surface area contributed by atoms with Crippen molar-refractivity contribution in [2.45, 2.75) is 154 Å². The van der Waals surface area contributed by atoms with Gasteiger partial charge in [-0.05, 0) is 81.3 Å². The van der Waals surface area contributed by atoms with Crippen molar-refractivity contribution in [3.63, 3.8) is 0 Å². The Morgan fingerprint density at radius 3 is 2.34 bits per heavy atom. The molecule has 1 amide bonds. The second kappa shape index (κ2) is 23.0. The largest absolute Gasteiger partial charge is 0.388 e. The Kier molecular flexibility index (Phi) is 19.4. The monoisotopic (exact) mass is 808 g/mol. The topological polar surface area (TPSA) is 156 Å². The molecule has 0 radical (unpaired) electrons. The van der Waals surface area contributed by atoms with E-state index in [1.807, 2.05) is 102 Å². The van der Waals surface area contributed by atoms with Gasteiger partial charge in [-0.3, -0.25) is 4.79 Å². The highest BCUT2D eigenvalue weighted by Gasteiger charge is 2.48. The average molecular weight is 808 g/mol. The van der Waals surface area contributed by atoms with Gasteiger partial charge in [0, 0.05) is 18.0 Å². The van der Waals surface area contributed by atoms with Crippen molar-refractivity contribution in [2.24, 2.45) is 11.7 Å². The summed E-state index contributed by atoms with van der Waals surface area (Å²) in [5.74, 6) is 0.302. The third-order valence-electron chi connectivity index (χ3n) is 10.9. The molecule has 11 nitrogen and oxygen atoms in total. The van der Waals surface area contributed by atoms with E-state index in [0.717, 1.165) is 28.7 Å². The summed E-state index contributed by atoms with van der Waals surface area (Å²) in [6, 6.07) is -1.28. The zero-order chi connectivity index (χ0) is 43.2. The van der Waals surface area contributed by atoms with Crippen LogP contribution in [-0.4, -0.2) is 113 Å². The molecule has 2 fully saturated rings. The van der Waals surface area contributed by atoms with Gasteiger partial charge in [0.05, 0.1) is 30.4 Å². The van der Waals surface area contributed by atoms with Crippen molar-refractivity contribution in [3.8, 4) is 0 Å². The quantitative estimate of drug-likeness (QED) is 0.190. The number of nitrogens with two attached hydrogens (primary N) is 1. The minimum Gasteiger partial charge on any atom is -0.388 e. The molecule has 12 atom stereocenters. The number of carbonyl (C=O) groups is 1. The Labute approximate surface area is 348 Å². The number of aliphatic hydroxyl groups is 3. The number of ether oxygens (including phenoxy) is 4. The first-order valence-electron chi connectivity index (χ1n) is 20.8. The van der Waals surface area contributed by atoms with Crippen LogP contribution in [0.1, 0.15) is 88.0 Å². The lowest BCUT2D eigenvalue weighted by atomic mass is 9.85. The second-order valence-electron chi connectivity index (χ2n) is 17.1. The summed E-state index contributed by atoms with van der Waals surface area (Å²) >= 11 is 0. The van der Waals surface area contributed by atoms with Crippen molar-refractivity contribution in [1.82, 2.24) is 10.2 Å². The number of allylic oxidation sites excluding steroid dienone is 14. The normalized spacial score (nSPS) is 35.7. The Balaban J connectivity index is 1.86. The first-order valence-corrected chi connectivity index (χ1v) is 20.8. The fourth-order valence-electron chi connectivity index (χ4n) is 7.42. The summed E-state index contributed by atoms with van der Waals surface area (Å²) in [5, 5.41) is 37.5.